The van der Waals surface area contributed by atoms with Gasteiger partial charge in [-0.3, -0.25) is 14.7 Å². The second-order valence-electron chi connectivity index (χ2n) is 13.4. The van der Waals surface area contributed by atoms with E-state index in [9.17, 15) is 9.59 Å². The minimum atomic E-state index is -0.146. The Labute approximate surface area is 291 Å². The molecule has 7 rings (SSSR count). The average molecular weight is 726 g/mol. The summed E-state index contributed by atoms with van der Waals surface area (Å²) in [5.41, 5.74) is 6.14. The number of amides is 2. The monoisotopic (exact) mass is 724 g/mol. The number of benzene rings is 1. The second kappa shape index (κ2) is 16.0. The van der Waals surface area contributed by atoms with Crippen LogP contribution >= 0.6 is 27.5 Å². The van der Waals surface area contributed by atoms with Crippen molar-refractivity contribution in [3.05, 3.63) is 80.6 Å². The second-order valence-corrected chi connectivity index (χ2v) is 14.8. The van der Waals surface area contributed by atoms with E-state index in [1.807, 2.05) is 39.9 Å². The van der Waals surface area contributed by atoms with Gasteiger partial charge < -0.3 is 19.1 Å². The maximum Gasteiger partial charge on any atom is 0.410 e. The van der Waals surface area contributed by atoms with Crippen LogP contribution in [0.1, 0.15) is 79.1 Å². The normalized spacial score (nSPS) is 19.9. The number of rotatable bonds is 8. The number of pyridine rings is 1. The molecule has 47 heavy (non-hydrogen) atoms. The summed E-state index contributed by atoms with van der Waals surface area (Å²) in [5, 5.41) is 0.776. The van der Waals surface area contributed by atoms with Crippen LogP contribution < -0.4 is 0 Å². The Hall–Kier alpha value is -2.95. The number of aryl methyl sites for hydroxylation is 3. The smallest absolute Gasteiger partial charge is 0.410 e. The minimum absolute atomic E-state index is 0.0735. The zero-order valence-electron chi connectivity index (χ0n) is 27.3. The molecule has 2 saturated carbocycles. The molecule has 2 aromatic heterocycles. The number of halogens is 2. The van der Waals surface area contributed by atoms with E-state index in [0.717, 1.165) is 85.8 Å². The van der Waals surface area contributed by atoms with E-state index in [-0.39, 0.29) is 18.2 Å². The first-order valence-electron chi connectivity index (χ1n) is 17.1. The largest absolute Gasteiger partial charge is 0.446 e. The number of hydrogen-bond acceptors (Lipinski definition) is 6. The van der Waals surface area contributed by atoms with E-state index in [1.54, 1.807) is 6.33 Å². The van der Waals surface area contributed by atoms with Crippen LogP contribution in [0.5, 0.6) is 0 Å². The molecule has 1 aromatic carbocycles. The first-order chi connectivity index (χ1) is 22.9. The summed E-state index contributed by atoms with van der Waals surface area (Å²) in [6.45, 7) is 4.68. The number of piperazine rings is 1. The lowest BCUT2D eigenvalue weighted by Gasteiger charge is -2.39. The van der Waals surface area contributed by atoms with Gasteiger partial charge in [-0.05, 0) is 108 Å². The van der Waals surface area contributed by atoms with Crippen molar-refractivity contribution in [3.63, 3.8) is 0 Å². The molecule has 11 heteroatoms. The third-order valence-electron chi connectivity index (χ3n) is 9.96. The van der Waals surface area contributed by atoms with Gasteiger partial charge in [0.15, 0.2) is 0 Å². The average Bonchev–Trinajstić information content (AvgIpc) is 3.84. The third-order valence-corrected chi connectivity index (χ3v) is 10.6. The Morgan fingerprint density at radius 1 is 1.04 bits per heavy atom. The van der Waals surface area contributed by atoms with Crippen LogP contribution in [0.25, 0.3) is 0 Å². The van der Waals surface area contributed by atoms with Gasteiger partial charge in [0.2, 0.25) is 6.41 Å². The van der Waals surface area contributed by atoms with Crippen molar-refractivity contribution in [2.75, 3.05) is 39.3 Å². The SMILES string of the molecule is Cn1cncc1CCN(C=O)CC1CC1.O=C(OC1CCCCC1)N1CCN(C2c3ccc(Cl)cc3CCc3cc(Br)cnc32)CC1. The van der Waals surface area contributed by atoms with Gasteiger partial charge in [0.05, 0.1) is 18.1 Å². The molecule has 4 aliphatic rings. The fraction of sp³-hybridized carbons (Fsp3) is 0.556. The lowest BCUT2D eigenvalue weighted by Crippen LogP contribution is -2.50. The zero-order valence-corrected chi connectivity index (χ0v) is 29.7. The molecule has 1 unspecified atom stereocenters. The molecule has 1 saturated heterocycles. The van der Waals surface area contributed by atoms with Crippen molar-refractivity contribution in [2.45, 2.75) is 76.4 Å². The van der Waals surface area contributed by atoms with Gasteiger partial charge in [-0.2, -0.15) is 0 Å². The molecule has 1 atom stereocenters. The number of hydrogen-bond donors (Lipinski definition) is 0. The Kier molecular flexibility index (Phi) is 11.5. The van der Waals surface area contributed by atoms with E-state index >= 15 is 0 Å². The molecule has 0 N–H and O–H groups in total. The molecule has 3 fully saturated rings. The van der Waals surface area contributed by atoms with Gasteiger partial charge in [0.25, 0.3) is 0 Å². The summed E-state index contributed by atoms with van der Waals surface area (Å²) < 4.78 is 8.82. The first-order valence-corrected chi connectivity index (χ1v) is 18.3. The molecular formula is C36H46BrClN6O3. The van der Waals surface area contributed by atoms with Gasteiger partial charge in [-0.1, -0.05) is 24.1 Å². The van der Waals surface area contributed by atoms with Crippen molar-refractivity contribution >= 4 is 40.0 Å². The van der Waals surface area contributed by atoms with Crippen LogP contribution in [0, 0.1) is 5.92 Å². The Morgan fingerprint density at radius 3 is 2.51 bits per heavy atom. The summed E-state index contributed by atoms with van der Waals surface area (Å²) in [5.74, 6) is 0.765. The molecule has 3 heterocycles. The van der Waals surface area contributed by atoms with E-state index < -0.39 is 0 Å². The molecular weight excluding hydrogens is 680 g/mol. The molecule has 252 valence electrons. The molecule has 3 aromatic rings. The van der Waals surface area contributed by atoms with E-state index in [0.29, 0.717) is 13.1 Å². The molecule has 0 spiro atoms. The predicted octanol–water partition coefficient (Wildman–Crippen LogP) is 6.60. The summed E-state index contributed by atoms with van der Waals surface area (Å²) in [4.78, 5) is 38.7. The number of imidazole rings is 1. The van der Waals surface area contributed by atoms with Crippen LogP contribution in [-0.2, 0) is 35.8 Å². The molecule has 0 bridgehead atoms. The van der Waals surface area contributed by atoms with Gasteiger partial charge in [0.1, 0.15) is 6.10 Å². The molecule has 3 aliphatic carbocycles. The minimum Gasteiger partial charge on any atom is -0.446 e. The van der Waals surface area contributed by atoms with E-state index in [4.69, 9.17) is 21.3 Å². The fourth-order valence-electron chi connectivity index (χ4n) is 7.05. The van der Waals surface area contributed by atoms with Crippen LogP contribution in [0.3, 0.4) is 0 Å². The molecule has 2 amide bonds. The Balaban J connectivity index is 0.000000215. The van der Waals surface area contributed by atoms with Crippen molar-refractivity contribution in [1.29, 1.82) is 0 Å². The summed E-state index contributed by atoms with van der Waals surface area (Å²) in [6.07, 6.45) is 17.4. The Bertz CT molecular complexity index is 1460. The number of carbonyl (C=O) groups is 2. The quantitative estimate of drug-likeness (QED) is 0.244. The van der Waals surface area contributed by atoms with E-state index in [1.165, 1.54) is 54.5 Å². The number of nitrogens with zero attached hydrogens (tertiary/aromatic N) is 6. The number of carbonyl (C=O) groups excluding carboxylic acids is 2. The highest BCUT2D eigenvalue weighted by Gasteiger charge is 2.34. The fourth-order valence-corrected chi connectivity index (χ4v) is 7.62. The van der Waals surface area contributed by atoms with Crippen LogP contribution in [0.4, 0.5) is 4.79 Å². The standard InChI is InChI=1S/C25H29BrClN3O2.C11H17N3O/c26-19-14-18-7-6-17-15-20(27)8-9-22(17)24(23(18)28-16-19)29-10-12-30(13-11-29)25(31)32-21-4-2-1-3-5-21;1-13-8-12-6-11(13)4-5-14(9-15)7-10-2-3-10/h8-9,14-16,21,24H,1-7,10-13H2;6,8-10H,2-5,7H2,1H3. The van der Waals surface area contributed by atoms with Crippen molar-refractivity contribution in [3.8, 4) is 0 Å². The van der Waals surface area contributed by atoms with Crippen molar-refractivity contribution in [1.82, 2.24) is 29.2 Å². The number of aromatic nitrogens is 3. The summed E-state index contributed by atoms with van der Waals surface area (Å²) in [6, 6.07) is 8.51. The lowest BCUT2D eigenvalue weighted by molar-refractivity contribution is -0.118. The van der Waals surface area contributed by atoms with Crippen LogP contribution in [0.2, 0.25) is 5.02 Å². The topological polar surface area (TPSA) is 83.8 Å². The third kappa shape index (κ3) is 8.95. The van der Waals surface area contributed by atoms with Crippen LogP contribution in [-0.4, -0.2) is 87.1 Å². The van der Waals surface area contributed by atoms with Gasteiger partial charge in [-0.15, -0.1) is 0 Å². The zero-order chi connectivity index (χ0) is 32.8. The van der Waals surface area contributed by atoms with Crippen LogP contribution in [0.15, 0.2) is 47.5 Å². The molecule has 1 aliphatic heterocycles. The molecule has 0 radical (unpaired) electrons. The summed E-state index contributed by atoms with van der Waals surface area (Å²) >= 11 is 9.93. The number of ether oxygens (including phenoxy) is 1. The van der Waals surface area contributed by atoms with Crippen molar-refractivity contribution < 1.29 is 14.3 Å². The lowest BCUT2D eigenvalue weighted by atomic mass is 9.96. The highest BCUT2D eigenvalue weighted by Crippen LogP contribution is 2.38. The first kappa shape index (κ1) is 33.9. The number of fused-ring (bicyclic) bond motifs is 2. The predicted molar refractivity (Wildman–Crippen MR) is 186 cm³/mol. The highest BCUT2D eigenvalue weighted by atomic mass is 79.9. The Morgan fingerprint density at radius 2 is 1.81 bits per heavy atom. The van der Waals surface area contributed by atoms with Gasteiger partial charge in [0, 0.05) is 80.3 Å². The molecule has 9 nitrogen and oxygen atoms in total. The maximum atomic E-state index is 12.7. The summed E-state index contributed by atoms with van der Waals surface area (Å²) in [7, 11) is 1.98. The van der Waals surface area contributed by atoms with Gasteiger partial charge in [-0.25, -0.2) is 9.78 Å². The van der Waals surface area contributed by atoms with Gasteiger partial charge >= 0.3 is 6.09 Å². The highest BCUT2D eigenvalue weighted by molar-refractivity contribution is 9.10. The maximum absolute atomic E-state index is 12.7. The van der Waals surface area contributed by atoms with Crippen molar-refractivity contribution in [2.24, 2.45) is 13.0 Å². The van der Waals surface area contributed by atoms with E-state index in [2.05, 4.69) is 44.0 Å².